The molecule has 4 N–H and O–H groups in total. The van der Waals surface area contributed by atoms with Crippen LogP contribution in [0.1, 0.15) is 45.2 Å². The molecule has 0 unspecified atom stereocenters. The molecule has 6 nitrogen and oxygen atoms in total. The molecule has 32 heavy (non-hydrogen) atoms. The van der Waals surface area contributed by atoms with Crippen molar-refractivity contribution in [1.82, 2.24) is 14.7 Å². The summed E-state index contributed by atoms with van der Waals surface area (Å²) in [6.45, 7) is 7.15. The van der Waals surface area contributed by atoms with E-state index in [9.17, 15) is 4.79 Å². The summed E-state index contributed by atoms with van der Waals surface area (Å²) in [5, 5.41) is 6.60. The second-order valence-electron chi connectivity index (χ2n) is 7.97. The predicted molar refractivity (Wildman–Crippen MR) is 129 cm³/mol. The number of fused-ring (bicyclic) bond motifs is 1. The van der Waals surface area contributed by atoms with Gasteiger partial charge in [-0.25, -0.2) is 4.98 Å². The Kier molecular flexibility index (Phi) is 6.23. The minimum Gasteiger partial charge on any atom is -0.348 e. The highest BCUT2D eigenvalue weighted by Gasteiger charge is 2.18. The van der Waals surface area contributed by atoms with Crippen LogP contribution in [-0.4, -0.2) is 15.3 Å². The Morgan fingerprint density at radius 3 is 2.47 bits per heavy atom. The third-order valence-electron chi connectivity index (χ3n) is 5.71. The summed E-state index contributed by atoms with van der Waals surface area (Å²) in [4.78, 5) is 17.9. The highest BCUT2D eigenvalue weighted by molar-refractivity contribution is 6.00. The second kappa shape index (κ2) is 9.24. The quantitative estimate of drug-likeness (QED) is 0.401. The zero-order chi connectivity index (χ0) is 22.7. The first-order valence-electron chi connectivity index (χ1n) is 10.9. The number of aryl methyl sites for hydroxylation is 3. The standard InChI is InChI=1S/C26H29N5O/c1-4-22-25(30-23-17(2)8-5-9-18(23)3)31-13-7-12-21(24(31)29-22)26(32)28-16-20-11-6-10-19(14-20)15-27/h5-14,30H,4,15-16,27H2,1-3H3,(H,28,32). The third kappa shape index (κ3) is 4.22. The summed E-state index contributed by atoms with van der Waals surface area (Å²) in [6, 6.07) is 17.9. The number of nitrogens with two attached hydrogens (primary N) is 1. The van der Waals surface area contributed by atoms with E-state index < -0.39 is 0 Å². The molecular weight excluding hydrogens is 398 g/mol. The molecule has 2 aromatic heterocycles. The van der Waals surface area contributed by atoms with Gasteiger partial charge in [0.25, 0.3) is 5.91 Å². The number of nitrogens with one attached hydrogen (secondary N) is 2. The number of hydrogen-bond donors (Lipinski definition) is 3. The lowest BCUT2D eigenvalue weighted by Crippen LogP contribution is -2.23. The summed E-state index contributed by atoms with van der Waals surface area (Å²) in [5.74, 6) is 0.741. The van der Waals surface area contributed by atoms with Crippen LogP contribution in [0.2, 0.25) is 0 Å². The summed E-state index contributed by atoms with van der Waals surface area (Å²) in [5.41, 5.74) is 13.3. The van der Waals surface area contributed by atoms with Gasteiger partial charge in [0, 0.05) is 25.0 Å². The van der Waals surface area contributed by atoms with E-state index in [1.54, 1.807) is 0 Å². The highest BCUT2D eigenvalue weighted by Crippen LogP contribution is 2.28. The number of nitrogens with zero attached hydrogens (tertiary/aromatic N) is 2. The Bertz CT molecular complexity index is 1250. The maximum Gasteiger partial charge on any atom is 0.255 e. The topological polar surface area (TPSA) is 84.5 Å². The molecule has 0 saturated carbocycles. The number of amides is 1. The van der Waals surface area contributed by atoms with Crippen LogP contribution in [0, 0.1) is 13.8 Å². The number of anilines is 2. The Labute approximate surface area is 188 Å². The lowest BCUT2D eigenvalue weighted by molar-refractivity contribution is 0.0952. The number of para-hydroxylation sites is 1. The van der Waals surface area contributed by atoms with E-state index in [-0.39, 0.29) is 5.91 Å². The van der Waals surface area contributed by atoms with Gasteiger partial charge in [0.05, 0.1) is 11.3 Å². The first kappa shape index (κ1) is 21.6. The van der Waals surface area contributed by atoms with Gasteiger partial charge < -0.3 is 16.4 Å². The number of hydrogen-bond acceptors (Lipinski definition) is 4. The molecule has 0 atom stereocenters. The molecule has 4 aromatic rings. The summed E-state index contributed by atoms with van der Waals surface area (Å²) in [7, 11) is 0. The number of pyridine rings is 1. The number of rotatable bonds is 7. The maximum absolute atomic E-state index is 13.1. The normalized spacial score (nSPS) is 11.0. The fraction of sp³-hybridized carbons (Fsp3) is 0.231. The molecule has 0 spiro atoms. The van der Waals surface area contributed by atoms with Crippen molar-refractivity contribution in [1.29, 1.82) is 0 Å². The van der Waals surface area contributed by atoms with E-state index in [1.165, 1.54) is 0 Å². The molecule has 0 saturated heterocycles. The zero-order valence-electron chi connectivity index (χ0n) is 18.8. The molecule has 1 amide bonds. The van der Waals surface area contributed by atoms with Gasteiger partial charge >= 0.3 is 0 Å². The number of aromatic nitrogens is 2. The molecule has 0 aliphatic rings. The van der Waals surface area contributed by atoms with E-state index in [2.05, 4.69) is 49.6 Å². The van der Waals surface area contributed by atoms with Gasteiger partial charge in [-0.1, -0.05) is 49.4 Å². The van der Waals surface area contributed by atoms with Crippen LogP contribution in [0.3, 0.4) is 0 Å². The summed E-state index contributed by atoms with van der Waals surface area (Å²) >= 11 is 0. The molecule has 0 fully saturated rings. The van der Waals surface area contributed by atoms with Gasteiger partial charge in [-0.2, -0.15) is 0 Å². The lowest BCUT2D eigenvalue weighted by atomic mass is 10.1. The van der Waals surface area contributed by atoms with Crippen molar-refractivity contribution in [3.63, 3.8) is 0 Å². The third-order valence-corrected chi connectivity index (χ3v) is 5.71. The molecule has 6 heteroatoms. The van der Waals surface area contributed by atoms with Gasteiger partial charge in [-0.15, -0.1) is 0 Å². The summed E-state index contributed by atoms with van der Waals surface area (Å²) in [6.07, 6.45) is 2.70. The highest BCUT2D eigenvalue weighted by atomic mass is 16.1. The van der Waals surface area contributed by atoms with E-state index in [4.69, 9.17) is 10.7 Å². The van der Waals surface area contributed by atoms with Crippen LogP contribution in [0.25, 0.3) is 5.65 Å². The van der Waals surface area contributed by atoms with Gasteiger partial charge in [0.2, 0.25) is 0 Å². The number of carbonyl (C=O) groups is 1. The molecule has 0 aliphatic carbocycles. The molecule has 0 radical (unpaired) electrons. The number of benzene rings is 2. The molecule has 0 bridgehead atoms. The Hall–Kier alpha value is -3.64. The minimum absolute atomic E-state index is 0.153. The van der Waals surface area contributed by atoms with Crippen molar-refractivity contribution in [2.24, 2.45) is 5.73 Å². The lowest BCUT2D eigenvalue weighted by Gasteiger charge is -2.14. The largest absolute Gasteiger partial charge is 0.348 e. The van der Waals surface area contributed by atoms with Crippen molar-refractivity contribution < 1.29 is 4.79 Å². The number of imidazole rings is 1. The minimum atomic E-state index is -0.153. The van der Waals surface area contributed by atoms with Crippen LogP contribution >= 0.6 is 0 Å². The van der Waals surface area contributed by atoms with E-state index in [0.717, 1.165) is 45.9 Å². The molecule has 164 valence electrons. The van der Waals surface area contributed by atoms with Gasteiger partial charge in [0.1, 0.15) is 5.82 Å². The first-order chi connectivity index (χ1) is 15.5. The molecule has 0 aliphatic heterocycles. The van der Waals surface area contributed by atoms with Gasteiger partial charge in [0.15, 0.2) is 5.65 Å². The van der Waals surface area contributed by atoms with E-state index in [0.29, 0.717) is 24.3 Å². The van der Waals surface area contributed by atoms with Crippen LogP contribution < -0.4 is 16.4 Å². The molecule has 2 heterocycles. The zero-order valence-corrected chi connectivity index (χ0v) is 18.8. The van der Waals surface area contributed by atoms with Crippen molar-refractivity contribution in [2.75, 3.05) is 5.32 Å². The fourth-order valence-electron chi connectivity index (χ4n) is 3.94. The average Bonchev–Trinajstić information content (AvgIpc) is 3.17. The monoisotopic (exact) mass is 427 g/mol. The molecule has 4 rings (SSSR count). The first-order valence-corrected chi connectivity index (χ1v) is 10.9. The van der Waals surface area contributed by atoms with Crippen molar-refractivity contribution in [3.8, 4) is 0 Å². The summed E-state index contributed by atoms with van der Waals surface area (Å²) < 4.78 is 1.97. The SMILES string of the molecule is CCc1nc2c(C(=O)NCc3cccc(CN)c3)cccn2c1Nc1c(C)cccc1C. The maximum atomic E-state index is 13.1. The van der Waals surface area contributed by atoms with Crippen LogP contribution in [0.15, 0.2) is 60.8 Å². The van der Waals surface area contributed by atoms with Crippen molar-refractivity contribution >= 4 is 23.1 Å². The van der Waals surface area contributed by atoms with Crippen LogP contribution in [0.4, 0.5) is 11.5 Å². The Morgan fingerprint density at radius 1 is 1.03 bits per heavy atom. The smallest absolute Gasteiger partial charge is 0.255 e. The molecule has 2 aromatic carbocycles. The predicted octanol–water partition coefficient (Wildman–Crippen LogP) is 4.65. The van der Waals surface area contributed by atoms with Crippen LogP contribution in [-0.2, 0) is 19.5 Å². The number of carbonyl (C=O) groups excluding carboxylic acids is 1. The molecular formula is C26H29N5O. The average molecular weight is 428 g/mol. The van der Waals surface area contributed by atoms with Gasteiger partial charge in [-0.3, -0.25) is 9.20 Å². The van der Waals surface area contributed by atoms with Crippen molar-refractivity contribution in [3.05, 3.63) is 94.3 Å². The Morgan fingerprint density at radius 2 is 1.75 bits per heavy atom. The second-order valence-corrected chi connectivity index (χ2v) is 7.97. The fourth-order valence-corrected chi connectivity index (χ4v) is 3.94. The Balaban J connectivity index is 1.65. The van der Waals surface area contributed by atoms with E-state index in [1.807, 2.05) is 47.0 Å². The van der Waals surface area contributed by atoms with Crippen LogP contribution in [0.5, 0.6) is 0 Å². The van der Waals surface area contributed by atoms with Gasteiger partial charge in [-0.05, 0) is 54.7 Å². The van der Waals surface area contributed by atoms with Crippen molar-refractivity contribution in [2.45, 2.75) is 40.3 Å². The van der Waals surface area contributed by atoms with E-state index >= 15 is 0 Å².